The van der Waals surface area contributed by atoms with Crippen molar-refractivity contribution < 1.29 is 4.74 Å². The summed E-state index contributed by atoms with van der Waals surface area (Å²) >= 11 is 0. The van der Waals surface area contributed by atoms with E-state index in [0.717, 1.165) is 26.2 Å². The third-order valence-electron chi connectivity index (χ3n) is 3.40. The number of nitrogens with one attached hydrogen (secondary N) is 1. The SMILES string of the molecule is N#CCC(NCC1CCCOC1)c1ccccc1. The van der Waals surface area contributed by atoms with Crippen LogP contribution in [-0.2, 0) is 4.74 Å². The third-order valence-corrected chi connectivity index (χ3v) is 3.40. The smallest absolute Gasteiger partial charge is 0.0641 e. The Labute approximate surface area is 109 Å². The molecule has 0 amide bonds. The third kappa shape index (κ3) is 3.83. The van der Waals surface area contributed by atoms with Gasteiger partial charge in [0.15, 0.2) is 0 Å². The zero-order valence-corrected chi connectivity index (χ0v) is 10.6. The lowest BCUT2D eigenvalue weighted by Crippen LogP contribution is -2.31. The minimum absolute atomic E-state index is 0.137. The van der Waals surface area contributed by atoms with Crippen LogP contribution in [0, 0.1) is 17.2 Å². The fraction of sp³-hybridized carbons (Fsp3) is 0.533. The summed E-state index contributed by atoms with van der Waals surface area (Å²) in [6.07, 6.45) is 2.89. The first kappa shape index (κ1) is 13.1. The number of hydrogen-bond acceptors (Lipinski definition) is 3. The molecule has 2 rings (SSSR count). The summed E-state index contributed by atoms with van der Waals surface area (Å²) in [5.74, 6) is 0.587. The van der Waals surface area contributed by atoms with Gasteiger partial charge in [-0.2, -0.15) is 5.26 Å². The van der Waals surface area contributed by atoms with Gasteiger partial charge in [-0.3, -0.25) is 0 Å². The lowest BCUT2D eigenvalue weighted by molar-refractivity contribution is 0.0538. The fourth-order valence-corrected chi connectivity index (χ4v) is 2.36. The molecule has 0 radical (unpaired) electrons. The van der Waals surface area contributed by atoms with Crippen LogP contribution in [0.15, 0.2) is 30.3 Å². The van der Waals surface area contributed by atoms with Crippen molar-refractivity contribution in [3.05, 3.63) is 35.9 Å². The lowest BCUT2D eigenvalue weighted by atomic mass is 10.00. The number of nitriles is 1. The van der Waals surface area contributed by atoms with E-state index >= 15 is 0 Å². The zero-order valence-electron chi connectivity index (χ0n) is 10.6. The van der Waals surface area contributed by atoms with Crippen molar-refractivity contribution in [2.24, 2.45) is 5.92 Å². The topological polar surface area (TPSA) is 45.0 Å². The molecule has 0 aliphatic carbocycles. The maximum Gasteiger partial charge on any atom is 0.0641 e. The van der Waals surface area contributed by atoms with E-state index in [1.54, 1.807) is 0 Å². The second-order valence-electron chi connectivity index (χ2n) is 4.82. The summed E-state index contributed by atoms with van der Waals surface area (Å²) in [6, 6.07) is 12.6. The maximum atomic E-state index is 8.92. The molecule has 3 heteroatoms. The van der Waals surface area contributed by atoms with Gasteiger partial charge in [-0.05, 0) is 24.3 Å². The van der Waals surface area contributed by atoms with E-state index in [4.69, 9.17) is 10.00 Å². The van der Waals surface area contributed by atoms with Gasteiger partial charge in [0.1, 0.15) is 0 Å². The Hall–Kier alpha value is -1.37. The molecule has 2 atom stereocenters. The number of hydrogen-bond donors (Lipinski definition) is 1. The molecule has 96 valence electrons. The van der Waals surface area contributed by atoms with Crippen molar-refractivity contribution in [2.75, 3.05) is 19.8 Å². The first-order valence-corrected chi connectivity index (χ1v) is 6.63. The van der Waals surface area contributed by atoms with Crippen LogP contribution in [0.2, 0.25) is 0 Å². The molecule has 1 saturated heterocycles. The number of benzene rings is 1. The summed E-state index contributed by atoms with van der Waals surface area (Å²) < 4.78 is 5.48. The normalized spacial score (nSPS) is 21.2. The first-order valence-electron chi connectivity index (χ1n) is 6.63. The first-order chi connectivity index (χ1) is 8.90. The number of nitrogens with zero attached hydrogens (tertiary/aromatic N) is 1. The molecule has 1 aromatic rings. The predicted octanol–water partition coefficient (Wildman–Crippen LogP) is 2.66. The molecule has 1 aromatic carbocycles. The van der Waals surface area contributed by atoms with Crippen LogP contribution >= 0.6 is 0 Å². The van der Waals surface area contributed by atoms with Gasteiger partial charge < -0.3 is 10.1 Å². The van der Waals surface area contributed by atoms with Gasteiger partial charge in [0.25, 0.3) is 0 Å². The molecule has 2 unspecified atom stereocenters. The molecular formula is C15H20N2O. The minimum Gasteiger partial charge on any atom is -0.381 e. The van der Waals surface area contributed by atoms with E-state index in [9.17, 15) is 0 Å². The Balaban J connectivity index is 1.88. The van der Waals surface area contributed by atoms with Crippen LogP contribution < -0.4 is 5.32 Å². The van der Waals surface area contributed by atoms with Crippen LogP contribution in [0.25, 0.3) is 0 Å². The summed E-state index contributed by atoms with van der Waals surface area (Å²) in [4.78, 5) is 0. The Morgan fingerprint density at radius 1 is 1.39 bits per heavy atom. The highest BCUT2D eigenvalue weighted by Crippen LogP contribution is 2.18. The Bertz CT molecular complexity index is 379. The highest BCUT2D eigenvalue weighted by atomic mass is 16.5. The van der Waals surface area contributed by atoms with Gasteiger partial charge >= 0.3 is 0 Å². The molecule has 18 heavy (non-hydrogen) atoms. The van der Waals surface area contributed by atoms with Crippen molar-refractivity contribution in [1.29, 1.82) is 5.26 Å². The highest BCUT2D eigenvalue weighted by Gasteiger charge is 2.16. The van der Waals surface area contributed by atoms with E-state index in [1.165, 1.54) is 12.0 Å². The monoisotopic (exact) mass is 244 g/mol. The molecule has 1 N–H and O–H groups in total. The second kappa shape index (κ2) is 7.15. The fourth-order valence-electron chi connectivity index (χ4n) is 2.36. The predicted molar refractivity (Wildman–Crippen MR) is 71.0 cm³/mol. The van der Waals surface area contributed by atoms with E-state index in [1.807, 2.05) is 18.2 Å². The second-order valence-corrected chi connectivity index (χ2v) is 4.82. The molecule has 0 aromatic heterocycles. The Kier molecular flexibility index (Phi) is 5.19. The van der Waals surface area contributed by atoms with E-state index < -0.39 is 0 Å². The van der Waals surface area contributed by atoms with Crippen LogP contribution in [0.4, 0.5) is 0 Å². The van der Waals surface area contributed by atoms with Crippen LogP contribution in [0.1, 0.15) is 30.9 Å². The summed E-state index contributed by atoms with van der Waals surface area (Å²) in [7, 11) is 0. The summed E-state index contributed by atoms with van der Waals surface area (Å²) in [5, 5.41) is 12.4. The molecule has 1 aliphatic heterocycles. The molecular weight excluding hydrogens is 224 g/mol. The largest absolute Gasteiger partial charge is 0.381 e. The lowest BCUT2D eigenvalue weighted by Gasteiger charge is -2.25. The van der Waals surface area contributed by atoms with E-state index in [2.05, 4.69) is 23.5 Å². The highest BCUT2D eigenvalue weighted by molar-refractivity contribution is 5.19. The molecule has 1 fully saturated rings. The number of rotatable bonds is 5. The van der Waals surface area contributed by atoms with Gasteiger partial charge in [0.2, 0.25) is 0 Å². The Morgan fingerprint density at radius 2 is 2.22 bits per heavy atom. The zero-order chi connectivity index (χ0) is 12.6. The molecule has 0 bridgehead atoms. The van der Waals surface area contributed by atoms with Gasteiger partial charge in [0, 0.05) is 19.2 Å². The number of ether oxygens (including phenoxy) is 1. The van der Waals surface area contributed by atoms with Crippen LogP contribution in [-0.4, -0.2) is 19.8 Å². The minimum atomic E-state index is 0.137. The average Bonchev–Trinajstić information content (AvgIpc) is 2.45. The Morgan fingerprint density at radius 3 is 2.89 bits per heavy atom. The van der Waals surface area contributed by atoms with Crippen LogP contribution in [0.3, 0.4) is 0 Å². The van der Waals surface area contributed by atoms with Crippen molar-refractivity contribution in [3.63, 3.8) is 0 Å². The van der Waals surface area contributed by atoms with Crippen molar-refractivity contribution >= 4 is 0 Å². The van der Waals surface area contributed by atoms with E-state index in [-0.39, 0.29) is 6.04 Å². The molecule has 0 saturated carbocycles. The molecule has 3 nitrogen and oxygen atoms in total. The van der Waals surface area contributed by atoms with E-state index in [0.29, 0.717) is 12.3 Å². The standard InChI is InChI=1S/C15H20N2O/c16-9-8-15(14-6-2-1-3-7-14)17-11-13-5-4-10-18-12-13/h1-3,6-7,13,15,17H,4-5,8,10-12H2. The van der Waals surface area contributed by atoms with Gasteiger partial charge in [-0.15, -0.1) is 0 Å². The van der Waals surface area contributed by atoms with Gasteiger partial charge in [-0.1, -0.05) is 30.3 Å². The van der Waals surface area contributed by atoms with Gasteiger partial charge in [-0.25, -0.2) is 0 Å². The molecule has 0 spiro atoms. The molecule has 1 heterocycles. The quantitative estimate of drug-likeness (QED) is 0.866. The summed E-state index contributed by atoms with van der Waals surface area (Å²) in [5.41, 5.74) is 1.19. The van der Waals surface area contributed by atoms with Gasteiger partial charge in [0.05, 0.1) is 19.1 Å². The van der Waals surface area contributed by atoms with Crippen LogP contribution in [0.5, 0.6) is 0 Å². The maximum absolute atomic E-state index is 8.92. The average molecular weight is 244 g/mol. The summed E-state index contributed by atoms with van der Waals surface area (Å²) in [6.45, 7) is 2.68. The molecule has 1 aliphatic rings. The van der Waals surface area contributed by atoms with Crippen molar-refractivity contribution in [3.8, 4) is 6.07 Å². The van der Waals surface area contributed by atoms with Crippen molar-refractivity contribution in [1.82, 2.24) is 5.32 Å². The van der Waals surface area contributed by atoms with Crippen molar-refractivity contribution in [2.45, 2.75) is 25.3 Å².